The highest BCUT2D eigenvalue weighted by Crippen LogP contribution is 2.24. The smallest absolute Gasteiger partial charge is 0.337 e. The Hall–Kier alpha value is -2.27. The normalized spacial score (nSPS) is 11.0. The maximum atomic E-state index is 12.5. The second kappa shape index (κ2) is 5.26. The van der Waals surface area contributed by atoms with Crippen molar-refractivity contribution >= 4 is 39.7 Å². The summed E-state index contributed by atoms with van der Waals surface area (Å²) < 4.78 is 10.4. The van der Waals surface area contributed by atoms with Gasteiger partial charge in [0.15, 0.2) is 0 Å². The van der Waals surface area contributed by atoms with E-state index in [4.69, 9.17) is 4.42 Å². The number of esters is 1. The fourth-order valence-corrected chi connectivity index (χ4v) is 2.64. The molecule has 0 N–H and O–H groups in total. The Morgan fingerprint density at radius 2 is 1.90 bits per heavy atom. The first-order chi connectivity index (χ1) is 10.1. The van der Waals surface area contributed by atoms with Gasteiger partial charge in [-0.1, -0.05) is 0 Å². The standard InChI is InChI=1S/C16H12O4S/c1-19-16(18)9-3-6-13-12(7-9)15(17)11-5-4-10(21-2)8-14(11)20-13/h3-8H,1-2H3. The van der Waals surface area contributed by atoms with Crippen molar-refractivity contribution in [2.45, 2.75) is 4.90 Å². The first-order valence-corrected chi connectivity index (χ1v) is 7.49. The van der Waals surface area contributed by atoms with Crippen LogP contribution in [0.5, 0.6) is 0 Å². The van der Waals surface area contributed by atoms with Gasteiger partial charge in [0.25, 0.3) is 0 Å². The molecule has 1 aromatic heterocycles. The Morgan fingerprint density at radius 1 is 1.10 bits per heavy atom. The van der Waals surface area contributed by atoms with Crippen LogP contribution in [0.15, 0.2) is 50.5 Å². The van der Waals surface area contributed by atoms with E-state index in [1.54, 1.807) is 30.0 Å². The van der Waals surface area contributed by atoms with Gasteiger partial charge in [-0.05, 0) is 42.7 Å². The zero-order valence-electron chi connectivity index (χ0n) is 11.5. The van der Waals surface area contributed by atoms with E-state index in [9.17, 15) is 9.59 Å². The van der Waals surface area contributed by atoms with E-state index >= 15 is 0 Å². The summed E-state index contributed by atoms with van der Waals surface area (Å²) in [4.78, 5) is 25.1. The molecular formula is C16H12O4S. The molecule has 3 rings (SSSR count). The zero-order valence-corrected chi connectivity index (χ0v) is 12.3. The minimum absolute atomic E-state index is 0.148. The summed E-state index contributed by atoms with van der Waals surface area (Å²) in [6.07, 6.45) is 1.96. The molecule has 21 heavy (non-hydrogen) atoms. The Morgan fingerprint density at radius 3 is 2.62 bits per heavy atom. The Bertz CT molecular complexity index is 911. The van der Waals surface area contributed by atoms with Gasteiger partial charge in [0.2, 0.25) is 5.43 Å². The molecule has 0 unspecified atom stereocenters. The fraction of sp³-hybridized carbons (Fsp3) is 0.125. The van der Waals surface area contributed by atoms with Crippen molar-refractivity contribution in [3.8, 4) is 0 Å². The van der Waals surface area contributed by atoms with Gasteiger partial charge < -0.3 is 9.15 Å². The lowest BCUT2D eigenvalue weighted by molar-refractivity contribution is 0.0601. The number of hydrogen-bond acceptors (Lipinski definition) is 5. The Labute approximate surface area is 124 Å². The molecule has 0 bridgehead atoms. The van der Waals surface area contributed by atoms with E-state index in [2.05, 4.69) is 4.74 Å². The number of methoxy groups -OCH3 is 1. The molecule has 4 nitrogen and oxygen atoms in total. The van der Waals surface area contributed by atoms with E-state index < -0.39 is 5.97 Å². The SMILES string of the molecule is COC(=O)c1ccc2oc3cc(SC)ccc3c(=O)c2c1. The van der Waals surface area contributed by atoms with Crippen LogP contribution in [-0.4, -0.2) is 19.3 Å². The van der Waals surface area contributed by atoms with Gasteiger partial charge in [-0.2, -0.15) is 0 Å². The lowest BCUT2D eigenvalue weighted by Gasteiger charge is -2.04. The maximum Gasteiger partial charge on any atom is 0.337 e. The van der Waals surface area contributed by atoms with Gasteiger partial charge in [0.1, 0.15) is 11.2 Å². The number of rotatable bonds is 2. The van der Waals surface area contributed by atoms with Crippen molar-refractivity contribution < 1.29 is 13.9 Å². The zero-order chi connectivity index (χ0) is 15.0. The molecule has 0 spiro atoms. The molecule has 0 fully saturated rings. The summed E-state index contributed by atoms with van der Waals surface area (Å²) in [6.45, 7) is 0. The van der Waals surface area contributed by atoms with Crippen LogP contribution in [0, 0.1) is 0 Å². The minimum atomic E-state index is -0.478. The molecule has 2 aromatic carbocycles. The van der Waals surface area contributed by atoms with Crippen LogP contribution in [-0.2, 0) is 4.74 Å². The quantitative estimate of drug-likeness (QED) is 0.412. The van der Waals surface area contributed by atoms with E-state index in [1.165, 1.54) is 13.2 Å². The molecule has 0 aliphatic rings. The summed E-state index contributed by atoms with van der Waals surface area (Å²) in [5, 5.41) is 0.879. The molecule has 0 radical (unpaired) electrons. The summed E-state index contributed by atoms with van der Waals surface area (Å²) in [7, 11) is 1.30. The average Bonchev–Trinajstić information content (AvgIpc) is 2.53. The van der Waals surface area contributed by atoms with Crippen LogP contribution in [0.3, 0.4) is 0 Å². The first-order valence-electron chi connectivity index (χ1n) is 6.27. The summed E-state index contributed by atoms with van der Waals surface area (Å²) in [5.74, 6) is -0.478. The van der Waals surface area contributed by atoms with Gasteiger partial charge >= 0.3 is 5.97 Å². The largest absolute Gasteiger partial charge is 0.465 e. The van der Waals surface area contributed by atoms with E-state index in [0.717, 1.165) is 4.90 Å². The molecule has 0 amide bonds. The number of carbonyl (C=O) groups is 1. The van der Waals surface area contributed by atoms with Crippen LogP contribution >= 0.6 is 11.8 Å². The van der Waals surface area contributed by atoms with Crippen molar-refractivity contribution in [2.24, 2.45) is 0 Å². The third-order valence-corrected chi connectivity index (χ3v) is 4.02. The highest BCUT2D eigenvalue weighted by molar-refractivity contribution is 7.98. The third-order valence-electron chi connectivity index (χ3n) is 3.30. The molecule has 0 saturated carbocycles. The van der Waals surface area contributed by atoms with Gasteiger partial charge in [0, 0.05) is 4.90 Å². The van der Waals surface area contributed by atoms with Gasteiger partial charge in [-0.15, -0.1) is 11.8 Å². The summed E-state index contributed by atoms with van der Waals surface area (Å²) in [6, 6.07) is 10.2. The Balaban J connectivity index is 2.34. The van der Waals surface area contributed by atoms with Crippen LogP contribution in [0.1, 0.15) is 10.4 Å². The number of fused-ring (bicyclic) bond motifs is 2. The molecule has 0 aliphatic heterocycles. The summed E-state index contributed by atoms with van der Waals surface area (Å²) in [5.41, 5.74) is 1.19. The number of carbonyl (C=O) groups excluding carboxylic acids is 1. The predicted octanol–water partition coefficient (Wildman–Crippen LogP) is 3.45. The van der Waals surface area contributed by atoms with Crippen molar-refractivity contribution in [3.05, 3.63) is 52.2 Å². The van der Waals surface area contributed by atoms with Crippen LogP contribution in [0.2, 0.25) is 0 Å². The highest BCUT2D eigenvalue weighted by atomic mass is 32.2. The second-order valence-electron chi connectivity index (χ2n) is 4.50. The lowest BCUT2D eigenvalue weighted by atomic mass is 10.1. The molecule has 106 valence electrons. The topological polar surface area (TPSA) is 56.5 Å². The number of hydrogen-bond donors (Lipinski definition) is 0. The number of thioether (sulfide) groups is 1. The van der Waals surface area contributed by atoms with Gasteiger partial charge in [-0.25, -0.2) is 4.79 Å². The van der Waals surface area contributed by atoms with Crippen molar-refractivity contribution in [1.29, 1.82) is 0 Å². The van der Waals surface area contributed by atoms with Crippen LogP contribution in [0.4, 0.5) is 0 Å². The number of benzene rings is 2. The molecular weight excluding hydrogens is 288 g/mol. The highest BCUT2D eigenvalue weighted by Gasteiger charge is 2.12. The molecule has 1 heterocycles. The predicted molar refractivity (Wildman–Crippen MR) is 83.1 cm³/mol. The molecule has 0 saturated heterocycles. The molecule has 5 heteroatoms. The Kier molecular flexibility index (Phi) is 3.43. The minimum Gasteiger partial charge on any atom is -0.465 e. The molecule has 0 aliphatic carbocycles. The van der Waals surface area contributed by atoms with E-state index in [-0.39, 0.29) is 5.43 Å². The van der Waals surface area contributed by atoms with Crippen molar-refractivity contribution in [3.63, 3.8) is 0 Å². The lowest BCUT2D eigenvalue weighted by Crippen LogP contribution is -2.06. The van der Waals surface area contributed by atoms with Crippen LogP contribution in [0.25, 0.3) is 21.9 Å². The van der Waals surface area contributed by atoms with Crippen molar-refractivity contribution in [1.82, 2.24) is 0 Å². The van der Waals surface area contributed by atoms with E-state index in [0.29, 0.717) is 27.5 Å². The molecule has 3 aromatic rings. The van der Waals surface area contributed by atoms with Gasteiger partial charge in [0.05, 0.1) is 23.4 Å². The van der Waals surface area contributed by atoms with Gasteiger partial charge in [-0.3, -0.25) is 4.79 Å². The maximum absolute atomic E-state index is 12.5. The fourth-order valence-electron chi connectivity index (χ4n) is 2.21. The average molecular weight is 300 g/mol. The first kappa shape index (κ1) is 13.7. The number of ether oxygens (including phenoxy) is 1. The third kappa shape index (κ3) is 2.29. The van der Waals surface area contributed by atoms with E-state index in [1.807, 2.05) is 18.4 Å². The van der Waals surface area contributed by atoms with Crippen molar-refractivity contribution in [2.75, 3.05) is 13.4 Å². The monoisotopic (exact) mass is 300 g/mol. The second-order valence-corrected chi connectivity index (χ2v) is 5.38. The van der Waals surface area contributed by atoms with Crippen LogP contribution < -0.4 is 5.43 Å². The molecule has 0 atom stereocenters. The summed E-state index contributed by atoms with van der Waals surface area (Å²) >= 11 is 1.58.